The maximum absolute atomic E-state index is 6.00. The second-order valence-corrected chi connectivity index (χ2v) is 8.38. The fraction of sp³-hybridized carbons (Fsp3) is 0.231. The number of ether oxygens (including phenoxy) is 1. The summed E-state index contributed by atoms with van der Waals surface area (Å²) in [5.74, 6) is 1.02. The lowest BCUT2D eigenvalue weighted by molar-refractivity contribution is 0.233. The number of fused-ring (bicyclic) bond motifs is 1. The molecule has 0 spiro atoms. The third-order valence-corrected chi connectivity index (χ3v) is 7.66. The fourth-order valence-electron chi connectivity index (χ4n) is 2.05. The van der Waals surface area contributed by atoms with Gasteiger partial charge in [0.15, 0.2) is 0 Å². The predicted octanol–water partition coefficient (Wildman–Crippen LogP) is 5.71. The van der Waals surface area contributed by atoms with Crippen LogP contribution in [0.4, 0.5) is 0 Å². The van der Waals surface area contributed by atoms with Gasteiger partial charge in [-0.05, 0) is 49.6 Å². The third-order valence-electron chi connectivity index (χ3n) is 2.93. The van der Waals surface area contributed by atoms with E-state index in [1.807, 2.05) is 12.1 Å². The Labute approximate surface area is 135 Å². The number of hydrogen-bond acceptors (Lipinski definition) is 2. The maximum atomic E-state index is 6.00. The minimum absolute atomic E-state index is 0.167. The van der Waals surface area contributed by atoms with Crippen molar-refractivity contribution in [2.24, 2.45) is 0 Å². The quantitative estimate of drug-likeness (QED) is 0.530. The summed E-state index contributed by atoms with van der Waals surface area (Å²) in [6.45, 7) is 0. The second kappa shape index (κ2) is 5.27. The van der Waals surface area contributed by atoms with Gasteiger partial charge in [-0.2, -0.15) is 0 Å². The van der Waals surface area contributed by atoms with Gasteiger partial charge in [0.05, 0.1) is 8.61 Å². The Hall–Kier alpha value is 0.160. The molecule has 0 radical (unpaired) electrons. The lowest BCUT2D eigenvalue weighted by Gasteiger charge is -2.16. The average Bonchev–Trinajstić information content (AvgIpc) is 2.93. The minimum atomic E-state index is 0.167. The first kappa shape index (κ1) is 13.2. The highest BCUT2D eigenvalue weighted by atomic mass is 79.9. The molecule has 2 unspecified atom stereocenters. The van der Waals surface area contributed by atoms with Crippen molar-refractivity contribution in [1.82, 2.24) is 0 Å². The summed E-state index contributed by atoms with van der Waals surface area (Å²) in [6, 6.07) is 10.4. The van der Waals surface area contributed by atoms with Crippen LogP contribution in [0.3, 0.4) is 0 Å². The van der Waals surface area contributed by atoms with E-state index in [1.54, 1.807) is 11.3 Å². The Balaban J connectivity index is 1.82. The van der Waals surface area contributed by atoms with Crippen LogP contribution in [0, 0.1) is 0 Å². The first-order chi connectivity index (χ1) is 8.65. The molecule has 2 atom stereocenters. The zero-order valence-electron chi connectivity index (χ0n) is 9.20. The number of benzene rings is 1. The van der Waals surface area contributed by atoms with Gasteiger partial charge in [-0.3, -0.25) is 0 Å². The monoisotopic (exact) mass is 450 g/mol. The summed E-state index contributed by atoms with van der Waals surface area (Å²) in [4.78, 5) is 1.49. The molecular formula is C13H9Br3OS. The van der Waals surface area contributed by atoms with Crippen LogP contribution >= 0.6 is 59.1 Å². The number of para-hydroxylation sites is 1. The highest BCUT2D eigenvalue weighted by Crippen LogP contribution is 2.43. The van der Waals surface area contributed by atoms with Crippen LogP contribution in [0.5, 0.6) is 5.75 Å². The van der Waals surface area contributed by atoms with Gasteiger partial charge in [0.1, 0.15) is 11.9 Å². The summed E-state index contributed by atoms with van der Waals surface area (Å²) in [7, 11) is 0. The van der Waals surface area contributed by atoms with Crippen molar-refractivity contribution in [1.29, 1.82) is 0 Å². The van der Waals surface area contributed by atoms with Gasteiger partial charge < -0.3 is 4.74 Å². The Bertz CT molecular complexity index is 537. The average molecular weight is 453 g/mol. The molecule has 1 nitrogen and oxygen atoms in total. The molecule has 18 heavy (non-hydrogen) atoms. The van der Waals surface area contributed by atoms with Gasteiger partial charge in [-0.1, -0.05) is 34.1 Å². The lowest BCUT2D eigenvalue weighted by Crippen LogP contribution is -2.18. The predicted molar refractivity (Wildman–Crippen MR) is 85.9 cm³/mol. The van der Waals surface area contributed by atoms with E-state index in [2.05, 4.69) is 66.0 Å². The highest BCUT2D eigenvalue weighted by molar-refractivity contribution is 9.13. The number of alkyl halides is 1. The smallest absolute Gasteiger partial charge is 0.123 e. The number of thiophene rings is 1. The summed E-state index contributed by atoms with van der Waals surface area (Å²) in [5, 5.41) is 0. The van der Waals surface area contributed by atoms with E-state index >= 15 is 0 Å². The molecule has 1 aromatic carbocycles. The first-order valence-electron chi connectivity index (χ1n) is 5.48. The molecule has 3 rings (SSSR count). The molecule has 5 heteroatoms. The molecule has 0 bridgehead atoms. The van der Waals surface area contributed by atoms with Crippen molar-refractivity contribution in [2.75, 3.05) is 0 Å². The van der Waals surface area contributed by atoms with Gasteiger partial charge in [-0.25, -0.2) is 0 Å². The number of hydrogen-bond donors (Lipinski definition) is 0. The SMILES string of the molecule is Brc1cc(C(Br)C2Cc3ccccc3O2)sc1Br. The van der Waals surface area contributed by atoms with E-state index in [-0.39, 0.29) is 10.9 Å². The maximum Gasteiger partial charge on any atom is 0.123 e. The van der Waals surface area contributed by atoms with E-state index in [0.717, 1.165) is 20.4 Å². The molecule has 2 aromatic rings. The first-order valence-corrected chi connectivity index (χ1v) is 8.80. The van der Waals surface area contributed by atoms with E-state index in [4.69, 9.17) is 4.74 Å². The van der Waals surface area contributed by atoms with Crippen LogP contribution in [-0.2, 0) is 6.42 Å². The molecular weight excluding hydrogens is 444 g/mol. The second-order valence-electron chi connectivity index (χ2n) is 4.14. The molecule has 1 aliphatic heterocycles. The topological polar surface area (TPSA) is 9.23 Å². The Morgan fingerprint density at radius 3 is 2.72 bits per heavy atom. The van der Waals surface area contributed by atoms with Crippen molar-refractivity contribution in [3.05, 3.63) is 49.0 Å². The zero-order valence-corrected chi connectivity index (χ0v) is 14.8. The van der Waals surface area contributed by atoms with Crippen molar-refractivity contribution in [2.45, 2.75) is 17.4 Å². The van der Waals surface area contributed by atoms with Crippen LogP contribution in [0.25, 0.3) is 0 Å². The van der Waals surface area contributed by atoms with Crippen molar-refractivity contribution < 1.29 is 4.74 Å². The number of halogens is 3. The molecule has 0 saturated carbocycles. The molecule has 0 saturated heterocycles. The van der Waals surface area contributed by atoms with Crippen LogP contribution in [0.15, 0.2) is 38.6 Å². The van der Waals surface area contributed by atoms with E-state index in [9.17, 15) is 0 Å². The Kier molecular flexibility index (Phi) is 3.85. The normalized spacial score (nSPS) is 19.4. The van der Waals surface area contributed by atoms with E-state index in [0.29, 0.717) is 0 Å². The molecule has 1 aliphatic rings. The van der Waals surface area contributed by atoms with Gasteiger partial charge in [-0.15, -0.1) is 11.3 Å². The van der Waals surface area contributed by atoms with Crippen molar-refractivity contribution >= 4 is 59.1 Å². The minimum Gasteiger partial charge on any atom is -0.488 e. The van der Waals surface area contributed by atoms with Crippen molar-refractivity contribution in [3.8, 4) is 5.75 Å². The van der Waals surface area contributed by atoms with E-state index < -0.39 is 0 Å². The Morgan fingerprint density at radius 1 is 1.28 bits per heavy atom. The highest BCUT2D eigenvalue weighted by Gasteiger charge is 2.30. The summed E-state index contributed by atoms with van der Waals surface area (Å²) >= 11 is 12.5. The van der Waals surface area contributed by atoms with Crippen LogP contribution in [-0.4, -0.2) is 6.10 Å². The van der Waals surface area contributed by atoms with Gasteiger partial charge >= 0.3 is 0 Å². The van der Waals surface area contributed by atoms with Crippen molar-refractivity contribution in [3.63, 3.8) is 0 Å². The molecule has 1 aromatic heterocycles. The summed E-state index contributed by atoms with van der Waals surface area (Å²) in [6.07, 6.45) is 1.12. The molecule has 0 N–H and O–H groups in total. The van der Waals surface area contributed by atoms with Gasteiger partial charge in [0.25, 0.3) is 0 Å². The standard InChI is InChI=1S/C13H9Br3OS/c14-8-6-11(18-13(8)16)12(15)10-5-7-3-1-2-4-9(7)17-10/h1-4,6,10,12H,5H2. The molecule has 0 fully saturated rings. The molecule has 94 valence electrons. The molecule has 0 aliphatic carbocycles. The summed E-state index contributed by atoms with van der Waals surface area (Å²) in [5.41, 5.74) is 1.29. The van der Waals surface area contributed by atoms with Crippen LogP contribution in [0.1, 0.15) is 15.3 Å². The Morgan fingerprint density at radius 2 is 2.06 bits per heavy atom. The molecule has 2 heterocycles. The van der Waals surface area contributed by atoms with Gasteiger partial charge in [0.2, 0.25) is 0 Å². The van der Waals surface area contributed by atoms with E-state index in [1.165, 1.54) is 10.4 Å². The molecule has 0 amide bonds. The summed E-state index contributed by atoms with van der Waals surface area (Å²) < 4.78 is 8.22. The fourth-order valence-corrected chi connectivity index (χ4v) is 4.88. The number of rotatable bonds is 2. The van der Waals surface area contributed by atoms with Crippen LogP contribution in [0.2, 0.25) is 0 Å². The zero-order chi connectivity index (χ0) is 12.7. The lowest BCUT2D eigenvalue weighted by atomic mass is 10.1. The largest absolute Gasteiger partial charge is 0.488 e. The van der Waals surface area contributed by atoms with Gasteiger partial charge in [0, 0.05) is 15.8 Å². The van der Waals surface area contributed by atoms with Crippen LogP contribution < -0.4 is 4.74 Å². The third kappa shape index (κ3) is 2.42.